The Morgan fingerprint density at radius 2 is 2.28 bits per heavy atom. The standard InChI is InChI=1S/C11H16N4O3/c1-14-6-8(3-13-14)10(12)11(18)15-4-7(5-15)2-9(16)17/h3,6-7,10H,2,4-5,12H2,1H3,(H,16,17). The highest BCUT2D eigenvalue weighted by molar-refractivity contribution is 5.83. The molecule has 0 aromatic carbocycles. The number of aryl methyl sites for hydroxylation is 1. The van der Waals surface area contributed by atoms with Crippen molar-refractivity contribution < 1.29 is 14.7 Å². The highest BCUT2D eigenvalue weighted by Gasteiger charge is 2.34. The summed E-state index contributed by atoms with van der Waals surface area (Å²) in [7, 11) is 1.76. The van der Waals surface area contributed by atoms with E-state index in [0.29, 0.717) is 18.7 Å². The van der Waals surface area contributed by atoms with Crippen LogP contribution in [0.1, 0.15) is 18.0 Å². The molecule has 98 valence electrons. The van der Waals surface area contributed by atoms with Crippen molar-refractivity contribution in [3.05, 3.63) is 18.0 Å². The van der Waals surface area contributed by atoms with E-state index in [0.717, 1.165) is 0 Å². The summed E-state index contributed by atoms with van der Waals surface area (Å²) in [6.45, 7) is 0.943. The van der Waals surface area contributed by atoms with Gasteiger partial charge in [-0.15, -0.1) is 0 Å². The van der Waals surface area contributed by atoms with Gasteiger partial charge in [0, 0.05) is 37.8 Å². The molecule has 1 aromatic heterocycles. The van der Waals surface area contributed by atoms with Gasteiger partial charge in [-0.2, -0.15) is 5.10 Å². The fourth-order valence-electron chi connectivity index (χ4n) is 2.07. The Labute approximate surface area is 104 Å². The molecule has 0 spiro atoms. The normalized spacial score (nSPS) is 17.3. The predicted octanol–water partition coefficient (Wildman–Crippen LogP) is -0.647. The van der Waals surface area contributed by atoms with Crippen LogP contribution in [0.15, 0.2) is 12.4 Å². The number of aliphatic carboxylic acids is 1. The van der Waals surface area contributed by atoms with Crippen LogP contribution in [0.2, 0.25) is 0 Å². The Balaban J connectivity index is 1.88. The van der Waals surface area contributed by atoms with Crippen molar-refractivity contribution in [1.82, 2.24) is 14.7 Å². The van der Waals surface area contributed by atoms with E-state index in [1.807, 2.05) is 0 Å². The van der Waals surface area contributed by atoms with E-state index in [4.69, 9.17) is 10.8 Å². The van der Waals surface area contributed by atoms with Crippen LogP contribution in [0.3, 0.4) is 0 Å². The average molecular weight is 252 g/mol. The number of hydrogen-bond donors (Lipinski definition) is 2. The fourth-order valence-corrected chi connectivity index (χ4v) is 2.07. The van der Waals surface area contributed by atoms with Crippen molar-refractivity contribution in [2.24, 2.45) is 18.7 Å². The summed E-state index contributed by atoms with van der Waals surface area (Å²) >= 11 is 0. The van der Waals surface area contributed by atoms with Crippen LogP contribution in [0.5, 0.6) is 0 Å². The lowest BCUT2D eigenvalue weighted by atomic mass is 9.95. The molecule has 7 nitrogen and oxygen atoms in total. The average Bonchev–Trinajstić information content (AvgIpc) is 2.67. The number of carboxylic acid groups (broad SMARTS) is 1. The molecular formula is C11H16N4O3. The zero-order chi connectivity index (χ0) is 13.3. The number of carbonyl (C=O) groups excluding carboxylic acids is 1. The van der Waals surface area contributed by atoms with Crippen LogP contribution in [0, 0.1) is 5.92 Å². The minimum absolute atomic E-state index is 0.0487. The molecular weight excluding hydrogens is 236 g/mol. The van der Waals surface area contributed by atoms with Crippen molar-refractivity contribution >= 4 is 11.9 Å². The monoisotopic (exact) mass is 252 g/mol. The smallest absolute Gasteiger partial charge is 0.303 e. The molecule has 1 aliphatic rings. The molecule has 0 radical (unpaired) electrons. The van der Waals surface area contributed by atoms with Crippen LogP contribution in [0.4, 0.5) is 0 Å². The number of carboxylic acids is 1. The number of amides is 1. The third-order valence-corrected chi connectivity index (χ3v) is 3.08. The first-order valence-corrected chi connectivity index (χ1v) is 5.72. The largest absolute Gasteiger partial charge is 0.481 e. The maximum atomic E-state index is 12.0. The summed E-state index contributed by atoms with van der Waals surface area (Å²) in [5, 5.41) is 12.6. The lowest BCUT2D eigenvalue weighted by Crippen LogP contribution is -2.53. The molecule has 0 aliphatic carbocycles. The molecule has 1 atom stereocenters. The first-order valence-electron chi connectivity index (χ1n) is 5.72. The van der Waals surface area contributed by atoms with E-state index in [-0.39, 0.29) is 18.2 Å². The fraction of sp³-hybridized carbons (Fsp3) is 0.545. The second-order valence-electron chi connectivity index (χ2n) is 4.63. The Kier molecular flexibility index (Phi) is 3.33. The van der Waals surface area contributed by atoms with Crippen molar-refractivity contribution in [2.75, 3.05) is 13.1 Å². The maximum Gasteiger partial charge on any atom is 0.303 e. The van der Waals surface area contributed by atoms with Crippen molar-refractivity contribution in [1.29, 1.82) is 0 Å². The first-order chi connectivity index (χ1) is 8.47. The van der Waals surface area contributed by atoms with E-state index >= 15 is 0 Å². The zero-order valence-corrected chi connectivity index (χ0v) is 10.1. The minimum Gasteiger partial charge on any atom is -0.481 e. The number of likely N-dealkylation sites (tertiary alicyclic amines) is 1. The lowest BCUT2D eigenvalue weighted by molar-refractivity contribution is -0.145. The predicted molar refractivity (Wildman–Crippen MR) is 62.5 cm³/mol. The van der Waals surface area contributed by atoms with Gasteiger partial charge in [0.1, 0.15) is 6.04 Å². The van der Waals surface area contributed by atoms with Crippen LogP contribution in [-0.2, 0) is 16.6 Å². The van der Waals surface area contributed by atoms with Gasteiger partial charge in [0.15, 0.2) is 0 Å². The van der Waals surface area contributed by atoms with E-state index in [1.165, 1.54) is 0 Å². The molecule has 7 heteroatoms. The second-order valence-corrected chi connectivity index (χ2v) is 4.63. The van der Waals surface area contributed by atoms with Crippen LogP contribution in [0.25, 0.3) is 0 Å². The van der Waals surface area contributed by atoms with Gasteiger partial charge in [0.2, 0.25) is 5.91 Å². The number of rotatable bonds is 4. The lowest BCUT2D eigenvalue weighted by Gasteiger charge is -2.39. The molecule has 1 amide bonds. The summed E-state index contributed by atoms with van der Waals surface area (Å²) in [5.74, 6) is -0.958. The van der Waals surface area contributed by atoms with Crippen molar-refractivity contribution in [3.8, 4) is 0 Å². The number of nitrogens with two attached hydrogens (primary N) is 1. The third kappa shape index (κ3) is 2.51. The highest BCUT2D eigenvalue weighted by atomic mass is 16.4. The first kappa shape index (κ1) is 12.6. The van der Waals surface area contributed by atoms with Gasteiger partial charge in [-0.05, 0) is 0 Å². The number of aromatic nitrogens is 2. The number of nitrogens with zero attached hydrogens (tertiary/aromatic N) is 3. The summed E-state index contributed by atoms with van der Waals surface area (Å²) in [4.78, 5) is 24.1. The summed E-state index contributed by atoms with van der Waals surface area (Å²) < 4.78 is 1.59. The summed E-state index contributed by atoms with van der Waals surface area (Å²) in [6, 6.07) is -0.718. The van der Waals surface area contributed by atoms with Crippen molar-refractivity contribution in [3.63, 3.8) is 0 Å². The van der Waals surface area contributed by atoms with Crippen LogP contribution in [-0.4, -0.2) is 44.8 Å². The number of hydrogen-bond acceptors (Lipinski definition) is 4. The van der Waals surface area contributed by atoms with Gasteiger partial charge in [-0.3, -0.25) is 14.3 Å². The third-order valence-electron chi connectivity index (χ3n) is 3.08. The van der Waals surface area contributed by atoms with Gasteiger partial charge >= 0.3 is 5.97 Å². The highest BCUT2D eigenvalue weighted by Crippen LogP contribution is 2.23. The molecule has 0 bridgehead atoms. The molecule has 1 unspecified atom stereocenters. The van der Waals surface area contributed by atoms with E-state index in [9.17, 15) is 9.59 Å². The van der Waals surface area contributed by atoms with Gasteiger partial charge in [-0.1, -0.05) is 0 Å². The molecule has 3 N–H and O–H groups in total. The maximum absolute atomic E-state index is 12.0. The molecule has 1 aliphatic heterocycles. The number of carbonyl (C=O) groups is 2. The summed E-state index contributed by atoms with van der Waals surface area (Å²) in [6.07, 6.45) is 3.38. The SMILES string of the molecule is Cn1cc(C(N)C(=O)N2CC(CC(=O)O)C2)cn1. The molecule has 18 heavy (non-hydrogen) atoms. The van der Waals surface area contributed by atoms with Crippen LogP contribution < -0.4 is 5.73 Å². The van der Waals surface area contributed by atoms with Gasteiger partial charge in [0.25, 0.3) is 0 Å². The Morgan fingerprint density at radius 1 is 1.61 bits per heavy atom. The second kappa shape index (κ2) is 4.77. The van der Waals surface area contributed by atoms with Gasteiger partial charge in [0.05, 0.1) is 12.6 Å². The topological polar surface area (TPSA) is 101 Å². The van der Waals surface area contributed by atoms with E-state index < -0.39 is 12.0 Å². The zero-order valence-electron chi connectivity index (χ0n) is 10.1. The molecule has 1 fully saturated rings. The molecule has 1 aromatic rings. The molecule has 0 saturated carbocycles. The molecule has 2 heterocycles. The molecule has 1 saturated heterocycles. The summed E-state index contributed by atoms with van der Waals surface area (Å²) in [5.41, 5.74) is 6.52. The van der Waals surface area contributed by atoms with E-state index in [1.54, 1.807) is 29.0 Å². The Morgan fingerprint density at radius 3 is 2.78 bits per heavy atom. The Bertz CT molecular complexity index is 465. The minimum atomic E-state index is -0.830. The van der Waals surface area contributed by atoms with E-state index in [2.05, 4.69) is 5.10 Å². The van der Waals surface area contributed by atoms with Gasteiger partial charge in [-0.25, -0.2) is 0 Å². The molecule has 2 rings (SSSR count). The quantitative estimate of drug-likeness (QED) is 0.741. The van der Waals surface area contributed by atoms with Crippen molar-refractivity contribution in [2.45, 2.75) is 12.5 Å². The Hall–Kier alpha value is -1.89. The van der Waals surface area contributed by atoms with Crippen LogP contribution >= 0.6 is 0 Å². The van der Waals surface area contributed by atoms with Gasteiger partial charge < -0.3 is 15.7 Å².